The number of hydrogen-bond donors (Lipinski definition) is 2. The van der Waals surface area contributed by atoms with Gasteiger partial charge >= 0.3 is 6.01 Å². The van der Waals surface area contributed by atoms with Gasteiger partial charge < -0.3 is 9.84 Å². The van der Waals surface area contributed by atoms with Gasteiger partial charge in [0.1, 0.15) is 0 Å². The normalized spacial score (nSPS) is 20.8. The lowest BCUT2D eigenvalue weighted by Crippen LogP contribution is -2.34. The van der Waals surface area contributed by atoms with E-state index in [1.807, 2.05) is 12.1 Å². The fourth-order valence-corrected chi connectivity index (χ4v) is 3.85. The number of hydrogen-bond acceptors (Lipinski definition) is 6. The highest BCUT2D eigenvalue weighted by Crippen LogP contribution is 2.27. The smallest absolute Gasteiger partial charge is 0.322 e. The average molecular weight is 399 g/mol. The Bertz CT molecular complexity index is 815. The highest BCUT2D eigenvalue weighted by molar-refractivity contribution is 7.89. The largest absolute Gasteiger partial charge is 0.335 e. The van der Waals surface area contributed by atoms with E-state index in [0.717, 1.165) is 31.2 Å². The van der Waals surface area contributed by atoms with Gasteiger partial charge in [-0.1, -0.05) is 16.8 Å². The van der Waals surface area contributed by atoms with E-state index in [9.17, 15) is 8.42 Å². The summed E-state index contributed by atoms with van der Waals surface area (Å²) in [5, 5.41) is 7.94. The highest BCUT2D eigenvalue weighted by Gasteiger charge is 2.23. The van der Waals surface area contributed by atoms with Gasteiger partial charge in [0.05, 0.1) is 5.75 Å². The van der Waals surface area contributed by atoms with Crippen LogP contribution in [0, 0.1) is 5.92 Å². The Balaban J connectivity index is 1.48. The molecule has 26 heavy (non-hydrogen) atoms. The number of halogens is 1. The predicted molar refractivity (Wildman–Crippen MR) is 102 cm³/mol. The third-order valence-corrected chi connectivity index (χ3v) is 6.29. The maximum atomic E-state index is 11.5. The zero-order chi connectivity index (χ0) is 18.6. The molecular weight excluding hydrogens is 376 g/mol. The van der Waals surface area contributed by atoms with E-state index in [-0.39, 0.29) is 11.8 Å². The predicted octanol–water partition coefficient (Wildman–Crippen LogP) is 3.30. The number of sulfonamides is 1. The van der Waals surface area contributed by atoms with Crippen LogP contribution in [0.2, 0.25) is 5.02 Å². The lowest BCUT2D eigenvalue weighted by Gasteiger charge is -2.28. The first kappa shape index (κ1) is 19.1. The van der Waals surface area contributed by atoms with Gasteiger partial charge in [-0.15, -0.1) is 0 Å². The first-order valence-electron chi connectivity index (χ1n) is 8.78. The first-order chi connectivity index (χ1) is 12.4. The van der Waals surface area contributed by atoms with Gasteiger partial charge in [-0.25, -0.2) is 13.1 Å². The molecule has 142 valence electrons. The van der Waals surface area contributed by atoms with E-state index < -0.39 is 10.0 Å². The fourth-order valence-electron chi connectivity index (χ4n) is 3.03. The quantitative estimate of drug-likeness (QED) is 0.742. The van der Waals surface area contributed by atoms with Crippen LogP contribution in [0.25, 0.3) is 11.4 Å². The van der Waals surface area contributed by atoms with Crippen LogP contribution in [-0.2, 0) is 10.0 Å². The molecule has 1 heterocycles. The third kappa shape index (κ3) is 5.18. The van der Waals surface area contributed by atoms with Crippen molar-refractivity contribution in [3.63, 3.8) is 0 Å². The molecule has 2 aromatic rings. The molecular formula is C17H23ClN4O3S. The van der Waals surface area contributed by atoms with Gasteiger partial charge in [0.25, 0.3) is 0 Å². The molecule has 9 heteroatoms. The van der Waals surface area contributed by atoms with Crippen LogP contribution in [0.3, 0.4) is 0 Å². The summed E-state index contributed by atoms with van der Waals surface area (Å²) in [6, 6.07) is 7.93. The van der Waals surface area contributed by atoms with E-state index >= 15 is 0 Å². The lowest BCUT2D eigenvalue weighted by molar-refractivity contribution is 0.330. The minimum atomic E-state index is -3.11. The molecule has 1 fully saturated rings. The minimum absolute atomic E-state index is 0.122. The molecule has 0 bridgehead atoms. The standard InChI is InChI=1S/C17H23ClN4O3S/c1-2-26(23,24)19-11-12-3-9-15(10-4-12)20-17-21-16(22-25-17)13-5-7-14(18)8-6-13/h5-8,12,15,19H,2-4,9-11H2,1H3,(H,20,21,22)/t12-,15-. The van der Waals surface area contributed by atoms with Crippen LogP contribution in [0.1, 0.15) is 32.6 Å². The Morgan fingerprint density at radius 3 is 2.54 bits per heavy atom. The fraction of sp³-hybridized carbons (Fsp3) is 0.529. The SMILES string of the molecule is CCS(=O)(=O)NC[C@H]1CC[C@H](Nc2nc(-c3ccc(Cl)cc3)no2)CC1. The number of anilines is 1. The van der Waals surface area contributed by atoms with Gasteiger partial charge in [-0.05, 0) is 62.8 Å². The minimum Gasteiger partial charge on any atom is -0.335 e. The summed E-state index contributed by atoms with van der Waals surface area (Å²) in [6.07, 6.45) is 3.80. The summed E-state index contributed by atoms with van der Waals surface area (Å²) in [5.41, 5.74) is 0.845. The Labute approximate surface area is 158 Å². The van der Waals surface area contributed by atoms with E-state index in [2.05, 4.69) is 20.2 Å². The molecule has 3 rings (SSSR count). The van der Waals surface area contributed by atoms with Gasteiger partial charge in [-0.3, -0.25) is 0 Å². The number of benzene rings is 1. The van der Waals surface area contributed by atoms with Crippen molar-refractivity contribution in [2.45, 2.75) is 38.6 Å². The zero-order valence-corrected chi connectivity index (χ0v) is 16.2. The summed E-state index contributed by atoms with van der Waals surface area (Å²) in [6.45, 7) is 2.16. The summed E-state index contributed by atoms with van der Waals surface area (Å²) < 4.78 is 31.0. The summed E-state index contributed by atoms with van der Waals surface area (Å²) >= 11 is 5.89. The molecule has 0 radical (unpaired) electrons. The monoisotopic (exact) mass is 398 g/mol. The van der Waals surface area contributed by atoms with Crippen LogP contribution in [0.4, 0.5) is 6.01 Å². The lowest BCUT2D eigenvalue weighted by atomic mass is 9.86. The van der Waals surface area contributed by atoms with E-state index in [0.29, 0.717) is 29.3 Å². The maximum Gasteiger partial charge on any atom is 0.322 e. The van der Waals surface area contributed by atoms with Crippen molar-refractivity contribution < 1.29 is 12.9 Å². The molecule has 0 amide bonds. The van der Waals surface area contributed by atoms with Crippen molar-refractivity contribution in [3.8, 4) is 11.4 Å². The number of rotatable bonds is 7. The van der Waals surface area contributed by atoms with Crippen LogP contribution >= 0.6 is 11.6 Å². The molecule has 0 unspecified atom stereocenters. The molecule has 1 aliphatic rings. The second-order valence-electron chi connectivity index (χ2n) is 6.54. The van der Waals surface area contributed by atoms with Crippen LogP contribution < -0.4 is 10.0 Å². The van der Waals surface area contributed by atoms with Crippen LogP contribution in [0.15, 0.2) is 28.8 Å². The van der Waals surface area contributed by atoms with Crippen molar-refractivity contribution >= 4 is 27.6 Å². The molecule has 0 aliphatic heterocycles. The topological polar surface area (TPSA) is 97.1 Å². The Hall–Kier alpha value is -1.64. The van der Waals surface area contributed by atoms with Gasteiger partial charge in [0, 0.05) is 23.2 Å². The molecule has 1 aromatic carbocycles. The first-order valence-corrected chi connectivity index (χ1v) is 10.8. The van der Waals surface area contributed by atoms with Crippen molar-refractivity contribution in [3.05, 3.63) is 29.3 Å². The van der Waals surface area contributed by atoms with Crippen LogP contribution in [0.5, 0.6) is 0 Å². The molecule has 0 spiro atoms. The molecule has 7 nitrogen and oxygen atoms in total. The molecule has 1 saturated carbocycles. The van der Waals surface area contributed by atoms with E-state index in [1.54, 1.807) is 19.1 Å². The second kappa shape index (κ2) is 8.37. The molecule has 1 aromatic heterocycles. The second-order valence-corrected chi connectivity index (χ2v) is 9.08. The van der Waals surface area contributed by atoms with Gasteiger partial charge in [-0.2, -0.15) is 4.98 Å². The summed E-state index contributed by atoms with van der Waals surface area (Å²) in [5.74, 6) is 1.02. The molecule has 2 N–H and O–H groups in total. The number of nitrogens with one attached hydrogen (secondary N) is 2. The van der Waals surface area contributed by atoms with E-state index in [4.69, 9.17) is 16.1 Å². The van der Waals surface area contributed by atoms with Gasteiger partial charge in [0.2, 0.25) is 15.8 Å². The molecule has 0 saturated heterocycles. The van der Waals surface area contributed by atoms with Crippen molar-refractivity contribution in [1.82, 2.24) is 14.9 Å². The van der Waals surface area contributed by atoms with Crippen molar-refractivity contribution in [2.75, 3.05) is 17.6 Å². The summed E-state index contributed by atoms with van der Waals surface area (Å²) in [7, 11) is -3.11. The maximum absolute atomic E-state index is 11.5. The molecule has 0 atom stereocenters. The van der Waals surface area contributed by atoms with Gasteiger partial charge in [0.15, 0.2) is 0 Å². The third-order valence-electron chi connectivity index (χ3n) is 4.67. The van der Waals surface area contributed by atoms with Crippen LogP contribution in [-0.4, -0.2) is 36.9 Å². The summed E-state index contributed by atoms with van der Waals surface area (Å²) in [4.78, 5) is 4.38. The Kier molecular flexibility index (Phi) is 6.16. The number of aromatic nitrogens is 2. The average Bonchev–Trinajstić information content (AvgIpc) is 3.10. The van der Waals surface area contributed by atoms with E-state index in [1.165, 1.54) is 0 Å². The molecule has 1 aliphatic carbocycles. The Morgan fingerprint density at radius 2 is 1.88 bits per heavy atom. The Morgan fingerprint density at radius 1 is 1.19 bits per heavy atom. The van der Waals surface area contributed by atoms with Crippen molar-refractivity contribution in [1.29, 1.82) is 0 Å². The zero-order valence-electron chi connectivity index (χ0n) is 14.6. The highest BCUT2D eigenvalue weighted by atomic mass is 35.5. The number of nitrogens with zero attached hydrogens (tertiary/aromatic N) is 2. The van der Waals surface area contributed by atoms with Crippen molar-refractivity contribution in [2.24, 2.45) is 5.92 Å².